The molecule has 1 aromatic rings. The molecule has 0 radical (unpaired) electrons. The van der Waals surface area contributed by atoms with Crippen molar-refractivity contribution in [2.75, 3.05) is 159 Å². The lowest BCUT2D eigenvalue weighted by atomic mass is 10.2. The fourth-order valence-corrected chi connectivity index (χ4v) is 4.03. The maximum Gasteiger partial charge on any atom is 0.297 e. The van der Waals surface area contributed by atoms with Crippen LogP contribution < -0.4 is 0 Å². The van der Waals surface area contributed by atoms with Gasteiger partial charge in [0.05, 0.1) is 163 Å². The van der Waals surface area contributed by atoms with Crippen molar-refractivity contribution >= 4 is 10.1 Å². The number of benzene rings is 1. The van der Waals surface area contributed by atoms with Gasteiger partial charge in [0, 0.05) is 0 Å². The Hall–Kier alpha value is -1.39. The standard InChI is InChI=1S/C19H32O9S.C12H26O7/c1-18-2-4-19(5-3-18)29(21,22)28-17-16-27-15-14-26-13-12-25-11-10-24-9-8-23-7-6-20;13-1-3-15-5-7-17-9-11-19-12-10-18-8-6-16-4-2-14/h2-5,20H,6-17H2,1H3;13-14H,1-12H2. The molecule has 1 rings (SSSR count). The zero-order valence-electron chi connectivity index (χ0n) is 28.3. The molecule has 17 heteroatoms. The summed E-state index contributed by atoms with van der Waals surface area (Å²) >= 11 is 0. The van der Waals surface area contributed by atoms with Gasteiger partial charge in [-0.25, -0.2) is 0 Å². The van der Waals surface area contributed by atoms with Gasteiger partial charge < -0.3 is 62.7 Å². The van der Waals surface area contributed by atoms with E-state index in [1.54, 1.807) is 12.1 Å². The minimum Gasteiger partial charge on any atom is -0.394 e. The Morgan fingerprint density at radius 3 is 0.875 bits per heavy atom. The summed E-state index contributed by atoms with van der Waals surface area (Å²) in [5.41, 5.74) is 0.978. The van der Waals surface area contributed by atoms with Crippen LogP contribution in [-0.2, 0) is 61.7 Å². The molecule has 0 spiro atoms. The molecule has 0 unspecified atom stereocenters. The van der Waals surface area contributed by atoms with Crippen molar-refractivity contribution < 1.29 is 75.3 Å². The topological polar surface area (TPSA) is 196 Å². The summed E-state index contributed by atoms with van der Waals surface area (Å²) < 4.78 is 80.9. The van der Waals surface area contributed by atoms with Gasteiger partial charge in [0.15, 0.2) is 0 Å². The predicted molar refractivity (Wildman–Crippen MR) is 174 cm³/mol. The predicted octanol–water partition coefficient (Wildman–Crippen LogP) is -0.170. The third-order valence-corrected chi connectivity index (χ3v) is 6.79. The van der Waals surface area contributed by atoms with Gasteiger partial charge in [0.25, 0.3) is 10.1 Å². The molecule has 16 nitrogen and oxygen atoms in total. The molecule has 0 saturated heterocycles. The number of hydrogen-bond donors (Lipinski definition) is 3. The molecule has 0 bridgehead atoms. The zero-order chi connectivity index (χ0) is 35.2. The summed E-state index contributed by atoms with van der Waals surface area (Å²) in [6, 6.07) is 6.47. The lowest BCUT2D eigenvalue weighted by Gasteiger charge is -2.08. The molecule has 0 aliphatic rings. The largest absolute Gasteiger partial charge is 0.394 e. The number of aliphatic hydroxyl groups is 3. The number of ether oxygens (including phenoxy) is 10. The Kier molecular flexibility index (Phi) is 35.8. The highest BCUT2D eigenvalue weighted by Crippen LogP contribution is 2.12. The van der Waals surface area contributed by atoms with Gasteiger partial charge in [0.1, 0.15) is 0 Å². The third-order valence-electron chi connectivity index (χ3n) is 5.46. The normalized spacial score (nSPS) is 11.5. The Balaban J connectivity index is 0.00000101. The SMILES string of the molecule is Cc1ccc(S(=O)(=O)OCCOCCOCCOCCOCCOCCO)cc1.OCCOCCOCCOCCOCCOCCO. The van der Waals surface area contributed by atoms with Gasteiger partial charge >= 0.3 is 0 Å². The van der Waals surface area contributed by atoms with Crippen LogP contribution in [0, 0.1) is 6.92 Å². The summed E-state index contributed by atoms with van der Waals surface area (Å²) in [7, 11) is -3.75. The number of aryl methyl sites for hydroxylation is 1. The lowest BCUT2D eigenvalue weighted by molar-refractivity contribution is -0.0151. The average Bonchev–Trinajstić information content (AvgIpc) is 3.08. The van der Waals surface area contributed by atoms with Gasteiger partial charge in [-0.15, -0.1) is 0 Å². The van der Waals surface area contributed by atoms with Crippen LogP contribution in [0.2, 0.25) is 0 Å². The van der Waals surface area contributed by atoms with Crippen LogP contribution in [0.4, 0.5) is 0 Å². The van der Waals surface area contributed by atoms with Gasteiger partial charge in [-0.2, -0.15) is 8.42 Å². The highest BCUT2D eigenvalue weighted by molar-refractivity contribution is 7.86. The molecule has 0 heterocycles. The molecule has 3 N–H and O–H groups in total. The molecule has 1 aromatic carbocycles. The van der Waals surface area contributed by atoms with Crippen molar-refractivity contribution in [3.63, 3.8) is 0 Å². The second kappa shape index (κ2) is 36.9. The van der Waals surface area contributed by atoms with Gasteiger partial charge in [-0.1, -0.05) is 17.7 Å². The summed E-state index contributed by atoms with van der Waals surface area (Å²) in [6.45, 7) is 10.6. The van der Waals surface area contributed by atoms with Crippen LogP contribution in [-0.4, -0.2) is 182 Å². The summed E-state index contributed by atoms with van der Waals surface area (Å²) in [6.07, 6.45) is 0. The lowest BCUT2D eigenvalue weighted by Crippen LogP contribution is -2.15. The summed E-state index contributed by atoms with van der Waals surface area (Å²) in [5, 5.41) is 25.4. The second-order valence-corrected chi connectivity index (χ2v) is 11.0. The molecule has 0 atom stereocenters. The van der Waals surface area contributed by atoms with Crippen LogP contribution >= 0.6 is 0 Å². The van der Waals surface area contributed by atoms with E-state index in [0.29, 0.717) is 126 Å². The van der Waals surface area contributed by atoms with E-state index in [1.165, 1.54) is 12.1 Å². The molecule has 284 valence electrons. The molecule has 0 aliphatic carbocycles. The average molecular weight is 719 g/mol. The summed E-state index contributed by atoms with van der Waals surface area (Å²) in [5.74, 6) is 0. The molecule has 0 amide bonds. The highest BCUT2D eigenvalue weighted by Gasteiger charge is 2.14. The van der Waals surface area contributed by atoms with Crippen molar-refractivity contribution in [2.45, 2.75) is 11.8 Å². The van der Waals surface area contributed by atoms with Crippen LogP contribution in [0.15, 0.2) is 29.2 Å². The maximum absolute atomic E-state index is 12.0. The van der Waals surface area contributed by atoms with Gasteiger partial charge in [-0.3, -0.25) is 4.18 Å². The quantitative estimate of drug-likeness (QED) is 0.0618. The van der Waals surface area contributed by atoms with E-state index in [4.69, 9.17) is 66.9 Å². The fraction of sp³-hybridized carbons (Fsp3) is 0.806. The van der Waals surface area contributed by atoms with E-state index in [1.807, 2.05) is 6.92 Å². The molecule has 0 aliphatic heterocycles. The smallest absolute Gasteiger partial charge is 0.297 e. The zero-order valence-corrected chi connectivity index (χ0v) is 29.2. The van der Waals surface area contributed by atoms with Crippen molar-refractivity contribution in [3.05, 3.63) is 29.8 Å². The maximum atomic E-state index is 12.0. The fourth-order valence-electron chi connectivity index (χ4n) is 3.13. The third kappa shape index (κ3) is 33.1. The summed E-state index contributed by atoms with van der Waals surface area (Å²) in [4.78, 5) is 0.131. The van der Waals surface area contributed by atoms with E-state index in [2.05, 4.69) is 0 Å². The first-order valence-electron chi connectivity index (χ1n) is 16.0. The molecule has 0 aromatic heterocycles. The van der Waals surface area contributed by atoms with E-state index >= 15 is 0 Å². The van der Waals surface area contributed by atoms with Crippen molar-refractivity contribution in [2.24, 2.45) is 0 Å². The minimum atomic E-state index is -3.75. The van der Waals surface area contributed by atoms with Crippen molar-refractivity contribution in [1.29, 1.82) is 0 Å². The first kappa shape index (κ1) is 46.6. The second-order valence-electron chi connectivity index (χ2n) is 9.38. The van der Waals surface area contributed by atoms with Crippen molar-refractivity contribution in [3.8, 4) is 0 Å². The Bertz CT molecular complexity index is 860. The van der Waals surface area contributed by atoms with E-state index in [9.17, 15) is 8.42 Å². The van der Waals surface area contributed by atoms with Crippen LogP contribution in [0.3, 0.4) is 0 Å². The number of aliphatic hydroxyl groups excluding tert-OH is 3. The minimum absolute atomic E-state index is 0.0118. The van der Waals surface area contributed by atoms with E-state index in [-0.39, 0.29) is 37.9 Å². The number of rotatable bonds is 35. The van der Waals surface area contributed by atoms with Gasteiger partial charge in [-0.05, 0) is 19.1 Å². The Labute approximate surface area is 285 Å². The van der Waals surface area contributed by atoms with Gasteiger partial charge in [0.2, 0.25) is 0 Å². The van der Waals surface area contributed by atoms with Crippen LogP contribution in [0.1, 0.15) is 5.56 Å². The number of hydrogen-bond acceptors (Lipinski definition) is 16. The molecule has 0 fully saturated rings. The molecule has 0 saturated carbocycles. The monoisotopic (exact) mass is 718 g/mol. The van der Waals surface area contributed by atoms with E-state index < -0.39 is 10.1 Å². The van der Waals surface area contributed by atoms with Crippen molar-refractivity contribution in [1.82, 2.24) is 0 Å². The molecule has 48 heavy (non-hydrogen) atoms. The highest BCUT2D eigenvalue weighted by atomic mass is 32.2. The molecular weight excluding hydrogens is 660 g/mol. The first-order valence-corrected chi connectivity index (χ1v) is 17.4. The van der Waals surface area contributed by atoms with E-state index in [0.717, 1.165) is 5.56 Å². The Morgan fingerprint density at radius 2 is 0.625 bits per heavy atom. The first-order chi connectivity index (χ1) is 23.5. The Morgan fingerprint density at radius 1 is 0.396 bits per heavy atom. The molecular formula is C31H58O16S. The van der Waals surface area contributed by atoms with Crippen LogP contribution in [0.25, 0.3) is 0 Å². The van der Waals surface area contributed by atoms with Crippen LogP contribution in [0.5, 0.6) is 0 Å².